The molecule has 22 heavy (non-hydrogen) atoms. The minimum absolute atomic E-state index is 0.0920. The topological polar surface area (TPSA) is 84.2 Å². The maximum atomic E-state index is 14.2. The third-order valence-corrected chi connectivity index (χ3v) is 4.77. The van der Waals surface area contributed by atoms with Gasteiger partial charge in [0.1, 0.15) is 5.82 Å². The van der Waals surface area contributed by atoms with Gasteiger partial charge in [-0.15, -0.1) is 0 Å². The van der Waals surface area contributed by atoms with E-state index in [1.165, 1.54) is 12.1 Å². The summed E-state index contributed by atoms with van der Waals surface area (Å²) >= 11 is 0. The van der Waals surface area contributed by atoms with Crippen LogP contribution in [-0.4, -0.2) is 18.4 Å². The van der Waals surface area contributed by atoms with Gasteiger partial charge in [-0.2, -0.15) is 0 Å². The van der Waals surface area contributed by atoms with E-state index in [0.717, 1.165) is 31.2 Å². The van der Waals surface area contributed by atoms with Crippen molar-refractivity contribution in [2.45, 2.75) is 38.5 Å². The molecule has 1 aliphatic heterocycles. The minimum atomic E-state index is -0.592. The Bertz CT molecular complexity index is 624. The number of aryl methyl sites for hydroxylation is 1. The number of hydrogen-bond acceptors (Lipinski definition) is 3. The highest BCUT2D eigenvalue weighted by atomic mass is 19.1. The van der Waals surface area contributed by atoms with Crippen molar-refractivity contribution >= 4 is 23.2 Å². The molecule has 5 nitrogen and oxygen atoms in total. The first kappa shape index (κ1) is 15.0. The molecule has 2 aliphatic rings. The smallest absolute Gasteiger partial charge is 0.231 e. The van der Waals surface area contributed by atoms with Gasteiger partial charge in [-0.25, -0.2) is 4.39 Å². The van der Waals surface area contributed by atoms with E-state index in [0.29, 0.717) is 18.5 Å². The molecule has 0 atom stereocenters. The van der Waals surface area contributed by atoms with Gasteiger partial charge in [0.15, 0.2) is 0 Å². The molecule has 3 rings (SSSR count). The van der Waals surface area contributed by atoms with E-state index in [4.69, 9.17) is 5.73 Å². The third-order valence-electron chi connectivity index (χ3n) is 4.77. The highest BCUT2D eigenvalue weighted by molar-refractivity contribution is 5.98. The van der Waals surface area contributed by atoms with Crippen molar-refractivity contribution in [1.29, 1.82) is 0 Å². The number of amides is 2. The second-order valence-corrected chi connectivity index (χ2v) is 6.18. The van der Waals surface area contributed by atoms with Crippen LogP contribution in [0, 0.1) is 11.2 Å². The zero-order valence-electron chi connectivity index (χ0n) is 12.4. The Labute approximate surface area is 128 Å². The molecular weight excluding hydrogens is 285 g/mol. The summed E-state index contributed by atoms with van der Waals surface area (Å²) in [5.74, 6) is -0.799. The fourth-order valence-electron chi connectivity index (χ4n) is 3.32. The van der Waals surface area contributed by atoms with Gasteiger partial charge in [0.25, 0.3) is 0 Å². The lowest BCUT2D eigenvalue weighted by Gasteiger charge is -2.26. The van der Waals surface area contributed by atoms with E-state index >= 15 is 0 Å². The Hall–Kier alpha value is -1.95. The van der Waals surface area contributed by atoms with Crippen molar-refractivity contribution in [3.05, 3.63) is 23.5 Å². The van der Waals surface area contributed by atoms with E-state index in [-0.39, 0.29) is 24.0 Å². The van der Waals surface area contributed by atoms with Gasteiger partial charge in [-0.1, -0.05) is 12.8 Å². The highest BCUT2D eigenvalue weighted by Gasteiger charge is 2.40. The van der Waals surface area contributed by atoms with E-state index < -0.39 is 11.2 Å². The number of nitrogens with one attached hydrogen (secondary N) is 2. The van der Waals surface area contributed by atoms with E-state index in [1.54, 1.807) is 0 Å². The number of nitrogens with two attached hydrogens (primary N) is 1. The number of anilines is 2. The van der Waals surface area contributed by atoms with Crippen LogP contribution in [0.25, 0.3) is 0 Å². The van der Waals surface area contributed by atoms with Crippen LogP contribution >= 0.6 is 0 Å². The molecule has 0 aromatic heterocycles. The lowest BCUT2D eigenvalue weighted by Crippen LogP contribution is -2.40. The van der Waals surface area contributed by atoms with Crippen molar-refractivity contribution in [3.63, 3.8) is 0 Å². The van der Waals surface area contributed by atoms with Gasteiger partial charge in [-0.3, -0.25) is 9.59 Å². The molecule has 6 heteroatoms. The lowest BCUT2D eigenvalue weighted by molar-refractivity contribution is -0.124. The quantitative estimate of drug-likeness (QED) is 0.800. The number of benzene rings is 1. The van der Waals surface area contributed by atoms with Gasteiger partial charge in [0.05, 0.1) is 11.1 Å². The molecule has 1 aliphatic carbocycles. The number of carbonyl (C=O) groups excluding carboxylic acids is 2. The molecule has 0 spiro atoms. The van der Waals surface area contributed by atoms with Crippen LogP contribution < -0.4 is 16.4 Å². The molecule has 0 saturated heterocycles. The van der Waals surface area contributed by atoms with Gasteiger partial charge < -0.3 is 16.4 Å². The third kappa shape index (κ3) is 2.59. The van der Waals surface area contributed by atoms with Crippen LogP contribution in [-0.2, 0) is 16.0 Å². The van der Waals surface area contributed by atoms with Gasteiger partial charge in [-0.05, 0) is 37.0 Å². The average molecular weight is 305 g/mol. The summed E-state index contributed by atoms with van der Waals surface area (Å²) in [5, 5.41) is 5.38. The normalized spacial score (nSPS) is 19.5. The molecule has 0 radical (unpaired) electrons. The summed E-state index contributed by atoms with van der Waals surface area (Å²) in [5.41, 5.74) is 6.61. The molecule has 118 valence electrons. The van der Waals surface area contributed by atoms with Gasteiger partial charge >= 0.3 is 0 Å². The predicted molar refractivity (Wildman–Crippen MR) is 81.9 cm³/mol. The van der Waals surface area contributed by atoms with Gasteiger partial charge in [0.2, 0.25) is 11.8 Å². The lowest BCUT2D eigenvalue weighted by atomic mass is 9.85. The second kappa shape index (κ2) is 5.68. The van der Waals surface area contributed by atoms with Crippen molar-refractivity contribution in [3.8, 4) is 0 Å². The summed E-state index contributed by atoms with van der Waals surface area (Å²) < 4.78 is 14.2. The van der Waals surface area contributed by atoms with Crippen molar-refractivity contribution in [1.82, 2.24) is 0 Å². The first-order chi connectivity index (χ1) is 10.5. The second-order valence-electron chi connectivity index (χ2n) is 6.18. The molecule has 0 bridgehead atoms. The standard InChI is InChI=1S/C16H20FN3O2/c17-11-7-10-3-4-14(21)19-12(10)8-13(11)20-15(22)16(9-18)5-1-2-6-16/h7-8H,1-6,9,18H2,(H,19,21)(H,20,22). The Morgan fingerprint density at radius 1 is 1.32 bits per heavy atom. The van der Waals surface area contributed by atoms with Crippen LogP contribution in [0.2, 0.25) is 0 Å². The largest absolute Gasteiger partial charge is 0.329 e. The van der Waals surface area contributed by atoms with Crippen LogP contribution in [0.15, 0.2) is 12.1 Å². The maximum Gasteiger partial charge on any atom is 0.231 e. The van der Waals surface area contributed by atoms with Crippen LogP contribution in [0.4, 0.5) is 15.8 Å². The predicted octanol–water partition coefficient (Wildman–Crippen LogP) is 2.17. The summed E-state index contributed by atoms with van der Waals surface area (Å²) in [6.07, 6.45) is 4.27. The summed E-state index contributed by atoms with van der Waals surface area (Å²) in [6.45, 7) is 0.266. The first-order valence-corrected chi connectivity index (χ1v) is 7.68. The van der Waals surface area contributed by atoms with E-state index in [1.807, 2.05) is 0 Å². The average Bonchev–Trinajstić information content (AvgIpc) is 2.98. The van der Waals surface area contributed by atoms with Crippen LogP contribution in [0.5, 0.6) is 0 Å². The number of halogens is 1. The first-order valence-electron chi connectivity index (χ1n) is 7.68. The SMILES string of the molecule is NCC1(C(=O)Nc2cc3c(cc2F)CCC(=O)N3)CCCC1. The number of rotatable bonds is 3. The van der Waals surface area contributed by atoms with Crippen LogP contribution in [0.3, 0.4) is 0 Å². The Kier molecular flexibility index (Phi) is 3.87. The molecule has 1 heterocycles. The molecule has 1 saturated carbocycles. The summed E-state index contributed by atoms with van der Waals surface area (Å²) in [4.78, 5) is 23.9. The van der Waals surface area contributed by atoms with Crippen molar-refractivity contribution < 1.29 is 14.0 Å². The Morgan fingerprint density at radius 3 is 2.73 bits per heavy atom. The molecule has 1 aromatic carbocycles. The van der Waals surface area contributed by atoms with E-state index in [9.17, 15) is 14.0 Å². The maximum absolute atomic E-state index is 14.2. The monoisotopic (exact) mass is 305 g/mol. The number of fused-ring (bicyclic) bond motifs is 1. The number of carbonyl (C=O) groups is 2. The zero-order valence-corrected chi connectivity index (χ0v) is 12.4. The summed E-state index contributed by atoms with van der Waals surface area (Å²) in [7, 11) is 0. The number of hydrogen-bond donors (Lipinski definition) is 3. The fraction of sp³-hybridized carbons (Fsp3) is 0.500. The zero-order chi connectivity index (χ0) is 15.7. The fourth-order valence-corrected chi connectivity index (χ4v) is 3.32. The van der Waals surface area contributed by atoms with Crippen molar-refractivity contribution in [2.75, 3.05) is 17.2 Å². The van der Waals surface area contributed by atoms with Gasteiger partial charge in [0, 0.05) is 18.7 Å². The molecular formula is C16H20FN3O2. The molecule has 0 unspecified atom stereocenters. The summed E-state index contributed by atoms with van der Waals surface area (Å²) in [6, 6.07) is 2.88. The molecule has 2 amide bonds. The Morgan fingerprint density at radius 2 is 2.05 bits per heavy atom. The van der Waals surface area contributed by atoms with Crippen LogP contribution in [0.1, 0.15) is 37.7 Å². The molecule has 1 aromatic rings. The molecule has 4 N–H and O–H groups in total. The highest BCUT2D eigenvalue weighted by Crippen LogP contribution is 2.39. The molecule has 1 fully saturated rings. The Balaban J connectivity index is 1.84. The van der Waals surface area contributed by atoms with Crippen molar-refractivity contribution in [2.24, 2.45) is 11.1 Å². The van der Waals surface area contributed by atoms with E-state index in [2.05, 4.69) is 10.6 Å². The minimum Gasteiger partial charge on any atom is -0.329 e.